The lowest BCUT2D eigenvalue weighted by Gasteiger charge is -2.08. The Kier molecular flexibility index (Phi) is 4.57. The van der Waals surface area contributed by atoms with Crippen molar-refractivity contribution in [1.82, 2.24) is 4.98 Å². The molecule has 0 unspecified atom stereocenters. The number of rotatable bonds is 3. The number of carbonyl (C=O) groups excluding carboxylic acids is 1. The van der Waals surface area contributed by atoms with Gasteiger partial charge in [-0.2, -0.15) is 0 Å². The lowest BCUT2D eigenvalue weighted by molar-refractivity contribution is 0.102. The standard InChI is InChI=1S/C21H15IN2O3/c1-12-5-8-19-17(9-12)24-21(27-19)16-11-15(6-7-18(16)25)23-20(26)13-3-2-4-14(22)10-13/h2-11,25H,1H3,(H,23,26). The van der Waals surface area contributed by atoms with Gasteiger partial charge in [0.05, 0.1) is 5.56 Å². The third-order valence-electron chi connectivity index (χ3n) is 4.11. The maximum Gasteiger partial charge on any atom is 0.255 e. The summed E-state index contributed by atoms with van der Waals surface area (Å²) in [6.45, 7) is 1.98. The molecule has 0 saturated carbocycles. The lowest BCUT2D eigenvalue weighted by atomic mass is 10.1. The Bertz CT molecular complexity index is 1170. The van der Waals surface area contributed by atoms with E-state index in [1.807, 2.05) is 37.3 Å². The van der Waals surface area contributed by atoms with Crippen LogP contribution in [0.15, 0.2) is 65.1 Å². The number of aromatic hydroxyl groups is 1. The number of carbonyl (C=O) groups is 1. The number of fused-ring (bicyclic) bond motifs is 1. The molecular formula is C21H15IN2O3. The van der Waals surface area contributed by atoms with Crippen molar-refractivity contribution in [3.05, 3.63) is 75.4 Å². The predicted molar refractivity (Wildman–Crippen MR) is 113 cm³/mol. The number of nitrogens with zero attached hydrogens (tertiary/aromatic N) is 1. The van der Waals surface area contributed by atoms with E-state index in [1.165, 1.54) is 6.07 Å². The molecule has 27 heavy (non-hydrogen) atoms. The zero-order valence-electron chi connectivity index (χ0n) is 14.4. The highest BCUT2D eigenvalue weighted by Crippen LogP contribution is 2.33. The smallest absolute Gasteiger partial charge is 0.255 e. The Morgan fingerprint density at radius 1 is 1.11 bits per heavy atom. The highest BCUT2D eigenvalue weighted by molar-refractivity contribution is 14.1. The van der Waals surface area contributed by atoms with Gasteiger partial charge in [-0.25, -0.2) is 4.98 Å². The van der Waals surface area contributed by atoms with Gasteiger partial charge in [-0.3, -0.25) is 4.79 Å². The molecule has 0 aliphatic rings. The SMILES string of the molecule is Cc1ccc2oc(-c3cc(NC(=O)c4cccc(I)c4)ccc3O)nc2c1. The maximum absolute atomic E-state index is 12.5. The minimum absolute atomic E-state index is 0.0329. The van der Waals surface area contributed by atoms with E-state index in [9.17, 15) is 9.90 Å². The number of aromatic nitrogens is 1. The number of oxazole rings is 1. The van der Waals surface area contributed by atoms with Crippen molar-refractivity contribution in [1.29, 1.82) is 0 Å². The van der Waals surface area contributed by atoms with Crippen LogP contribution in [0.5, 0.6) is 5.75 Å². The molecule has 0 bridgehead atoms. The van der Waals surface area contributed by atoms with Crippen LogP contribution in [0.1, 0.15) is 15.9 Å². The summed E-state index contributed by atoms with van der Waals surface area (Å²) in [5.41, 5.74) is 3.97. The van der Waals surface area contributed by atoms with Crippen LogP contribution in [-0.4, -0.2) is 16.0 Å². The molecule has 1 heterocycles. The average Bonchev–Trinajstić information content (AvgIpc) is 3.06. The van der Waals surface area contributed by atoms with Gasteiger partial charge in [0.25, 0.3) is 5.91 Å². The minimum Gasteiger partial charge on any atom is -0.507 e. The van der Waals surface area contributed by atoms with E-state index in [0.717, 1.165) is 14.7 Å². The van der Waals surface area contributed by atoms with Crippen LogP contribution in [0.25, 0.3) is 22.6 Å². The molecule has 5 nitrogen and oxygen atoms in total. The normalized spacial score (nSPS) is 10.9. The Morgan fingerprint density at radius 3 is 2.78 bits per heavy atom. The van der Waals surface area contributed by atoms with Gasteiger partial charge in [0.1, 0.15) is 11.3 Å². The zero-order valence-corrected chi connectivity index (χ0v) is 16.5. The van der Waals surface area contributed by atoms with Gasteiger partial charge in [-0.1, -0.05) is 12.1 Å². The first-order chi connectivity index (χ1) is 13.0. The number of hydrogen-bond donors (Lipinski definition) is 2. The number of anilines is 1. The first kappa shape index (κ1) is 17.5. The van der Waals surface area contributed by atoms with Gasteiger partial charge < -0.3 is 14.8 Å². The molecule has 0 spiro atoms. The Balaban J connectivity index is 1.67. The van der Waals surface area contributed by atoms with Crippen LogP contribution in [0, 0.1) is 10.5 Å². The van der Waals surface area contributed by atoms with E-state index in [4.69, 9.17) is 4.42 Å². The molecule has 6 heteroatoms. The van der Waals surface area contributed by atoms with Gasteiger partial charge in [-0.05, 0) is 83.6 Å². The number of halogens is 1. The molecule has 134 valence electrons. The minimum atomic E-state index is -0.224. The highest BCUT2D eigenvalue weighted by atomic mass is 127. The predicted octanol–water partition coefficient (Wildman–Crippen LogP) is 5.37. The van der Waals surface area contributed by atoms with Gasteiger partial charge in [-0.15, -0.1) is 0 Å². The van der Waals surface area contributed by atoms with Crippen LogP contribution in [0.4, 0.5) is 5.69 Å². The monoisotopic (exact) mass is 470 g/mol. The van der Waals surface area contributed by atoms with Crippen molar-refractivity contribution in [2.24, 2.45) is 0 Å². The summed E-state index contributed by atoms with van der Waals surface area (Å²) in [6.07, 6.45) is 0. The van der Waals surface area contributed by atoms with Gasteiger partial charge >= 0.3 is 0 Å². The molecule has 1 amide bonds. The molecule has 3 aromatic carbocycles. The molecule has 0 radical (unpaired) electrons. The van der Waals surface area contributed by atoms with Crippen LogP contribution in [0.2, 0.25) is 0 Å². The molecular weight excluding hydrogens is 455 g/mol. The van der Waals surface area contributed by atoms with E-state index < -0.39 is 0 Å². The summed E-state index contributed by atoms with van der Waals surface area (Å²) in [5.74, 6) is 0.113. The van der Waals surface area contributed by atoms with E-state index >= 15 is 0 Å². The summed E-state index contributed by atoms with van der Waals surface area (Å²) in [6, 6.07) is 17.8. The Labute approximate surface area is 169 Å². The largest absolute Gasteiger partial charge is 0.507 e. The number of aryl methyl sites for hydroxylation is 1. The Hall–Kier alpha value is -2.87. The topological polar surface area (TPSA) is 75.4 Å². The van der Waals surface area contributed by atoms with Gasteiger partial charge in [0, 0.05) is 14.8 Å². The zero-order chi connectivity index (χ0) is 19.0. The first-order valence-electron chi connectivity index (χ1n) is 8.27. The van der Waals surface area contributed by atoms with Crippen LogP contribution in [-0.2, 0) is 0 Å². The molecule has 0 aliphatic carbocycles. The summed E-state index contributed by atoms with van der Waals surface area (Å²) >= 11 is 2.16. The number of hydrogen-bond acceptors (Lipinski definition) is 4. The quantitative estimate of drug-likeness (QED) is 0.312. The first-order valence-corrected chi connectivity index (χ1v) is 9.35. The fourth-order valence-corrected chi connectivity index (χ4v) is 3.31. The van der Waals surface area contributed by atoms with Crippen molar-refractivity contribution in [3.63, 3.8) is 0 Å². The third-order valence-corrected chi connectivity index (χ3v) is 4.79. The fraction of sp³-hybridized carbons (Fsp3) is 0.0476. The van der Waals surface area contributed by atoms with Crippen LogP contribution >= 0.6 is 22.6 Å². The second kappa shape index (κ2) is 7.03. The lowest BCUT2D eigenvalue weighted by Crippen LogP contribution is -2.11. The summed E-state index contributed by atoms with van der Waals surface area (Å²) in [4.78, 5) is 16.9. The molecule has 4 rings (SSSR count). The van der Waals surface area contributed by atoms with Crippen molar-refractivity contribution < 1.29 is 14.3 Å². The number of nitrogens with one attached hydrogen (secondary N) is 1. The summed E-state index contributed by atoms with van der Waals surface area (Å²) in [7, 11) is 0. The highest BCUT2D eigenvalue weighted by Gasteiger charge is 2.15. The molecule has 2 N–H and O–H groups in total. The van der Waals surface area contributed by atoms with Gasteiger partial charge in [0.15, 0.2) is 5.58 Å². The molecule has 4 aromatic rings. The molecule has 0 fully saturated rings. The number of amides is 1. The van der Waals surface area contributed by atoms with E-state index in [1.54, 1.807) is 24.3 Å². The fourth-order valence-electron chi connectivity index (χ4n) is 2.77. The van der Waals surface area contributed by atoms with Gasteiger partial charge in [0.2, 0.25) is 5.89 Å². The van der Waals surface area contributed by atoms with Crippen molar-refractivity contribution in [2.45, 2.75) is 6.92 Å². The molecule has 0 aliphatic heterocycles. The average molecular weight is 470 g/mol. The third kappa shape index (κ3) is 3.66. The number of phenolic OH excluding ortho intramolecular Hbond substituents is 1. The molecule has 0 saturated heterocycles. The number of benzene rings is 3. The van der Waals surface area contributed by atoms with Crippen LogP contribution < -0.4 is 5.32 Å². The van der Waals surface area contributed by atoms with Crippen molar-refractivity contribution in [2.75, 3.05) is 5.32 Å². The van der Waals surface area contributed by atoms with E-state index in [-0.39, 0.29) is 11.7 Å². The summed E-state index contributed by atoms with van der Waals surface area (Å²) < 4.78 is 6.75. The second-order valence-corrected chi connectivity index (χ2v) is 7.43. The summed E-state index contributed by atoms with van der Waals surface area (Å²) in [5, 5.41) is 13.1. The number of phenols is 1. The van der Waals surface area contributed by atoms with Crippen molar-refractivity contribution in [3.8, 4) is 17.2 Å². The van der Waals surface area contributed by atoms with E-state index in [0.29, 0.717) is 28.3 Å². The molecule has 0 atom stereocenters. The Morgan fingerprint density at radius 2 is 1.96 bits per heavy atom. The van der Waals surface area contributed by atoms with Crippen molar-refractivity contribution >= 4 is 45.3 Å². The van der Waals surface area contributed by atoms with Crippen LogP contribution in [0.3, 0.4) is 0 Å². The maximum atomic E-state index is 12.5. The second-order valence-electron chi connectivity index (χ2n) is 6.19. The van der Waals surface area contributed by atoms with E-state index in [2.05, 4.69) is 32.9 Å². The molecule has 1 aromatic heterocycles.